The molecule has 1 fully saturated rings. The molecule has 5 nitrogen and oxygen atoms in total. The molecular weight excluding hydrogens is 220 g/mol. The Balaban J connectivity index is 2.59. The fourth-order valence-electron chi connectivity index (χ4n) is 1.68. The third-order valence-corrected chi connectivity index (χ3v) is 2.53. The molecule has 0 radical (unpaired) electrons. The lowest BCUT2D eigenvalue weighted by Crippen LogP contribution is -2.24. The van der Waals surface area contributed by atoms with Gasteiger partial charge in [0.05, 0.1) is 5.57 Å². The first kappa shape index (κ1) is 11.1. The Labute approximate surface area is 97.7 Å². The predicted octanol–water partition coefficient (Wildman–Crippen LogP) is 0.778. The molecule has 5 heteroatoms. The van der Waals surface area contributed by atoms with E-state index < -0.39 is 11.9 Å². The number of rotatable bonds is 2. The van der Waals surface area contributed by atoms with Crippen molar-refractivity contribution in [2.75, 3.05) is 7.05 Å². The largest absolute Gasteiger partial charge is 0.328 e. The van der Waals surface area contributed by atoms with Crippen LogP contribution in [0.4, 0.5) is 4.79 Å². The van der Waals surface area contributed by atoms with Gasteiger partial charge >= 0.3 is 6.03 Å². The molecule has 2 rings (SSSR count). The van der Waals surface area contributed by atoms with Gasteiger partial charge in [0.25, 0.3) is 5.91 Å². The monoisotopic (exact) mass is 230 g/mol. The Bertz CT molecular complexity index is 520. The number of hydrogen-bond acceptors (Lipinski definition) is 3. The number of hydrogen-bond donors (Lipinski definition) is 1. The Kier molecular flexibility index (Phi) is 2.74. The zero-order valence-electron chi connectivity index (χ0n) is 9.14. The third kappa shape index (κ3) is 1.82. The molecular formula is C12H10N2O3. The smallest absolute Gasteiger partial charge is 0.298 e. The lowest BCUT2D eigenvalue weighted by molar-refractivity contribution is -0.116. The summed E-state index contributed by atoms with van der Waals surface area (Å²) in [5.41, 5.74) is 0.891. The number of urea groups is 1. The number of aldehydes is 1. The molecule has 0 saturated carbocycles. The van der Waals surface area contributed by atoms with Crippen LogP contribution in [0, 0.1) is 0 Å². The van der Waals surface area contributed by atoms with Crippen LogP contribution < -0.4 is 5.32 Å². The van der Waals surface area contributed by atoms with E-state index in [1.165, 1.54) is 7.05 Å². The maximum atomic E-state index is 11.6. The molecule has 1 heterocycles. The molecule has 0 spiro atoms. The number of likely N-dealkylation sites (N-methyl/N-ethyl adjacent to an activating group) is 1. The van der Waals surface area contributed by atoms with Crippen molar-refractivity contribution in [1.29, 1.82) is 0 Å². The summed E-state index contributed by atoms with van der Waals surface area (Å²) in [5, 5.41) is 2.13. The van der Waals surface area contributed by atoms with E-state index in [0.717, 1.165) is 4.90 Å². The summed E-state index contributed by atoms with van der Waals surface area (Å²) in [6.45, 7) is 0. The number of nitrogens with zero attached hydrogens (tertiary/aromatic N) is 1. The molecule has 1 N–H and O–H groups in total. The second-order valence-corrected chi connectivity index (χ2v) is 3.56. The summed E-state index contributed by atoms with van der Waals surface area (Å²) >= 11 is 0. The minimum absolute atomic E-state index is 0.0798. The van der Waals surface area contributed by atoms with Gasteiger partial charge in [-0.25, -0.2) is 4.79 Å². The summed E-state index contributed by atoms with van der Waals surface area (Å²) in [7, 11) is 1.45. The second-order valence-electron chi connectivity index (χ2n) is 3.56. The van der Waals surface area contributed by atoms with E-state index in [1.807, 2.05) is 0 Å². The maximum absolute atomic E-state index is 11.6. The fraction of sp³-hybridized carbons (Fsp3) is 0.0833. The van der Waals surface area contributed by atoms with Crippen LogP contribution in [0.2, 0.25) is 0 Å². The Morgan fingerprint density at radius 2 is 1.88 bits per heavy atom. The number of carbonyl (C=O) groups excluding carboxylic acids is 3. The van der Waals surface area contributed by atoms with Crippen molar-refractivity contribution in [3.63, 3.8) is 0 Å². The van der Waals surface area contributed by atoms with Crippen LogP contribution in [0.15, 0.2) is 36.0 Å². The zero-order valence-corrected chi connectivity index (χ0v) is 9.14. The van der Waals surface area contributed by atoms with Gasteiger partial charge < -0.3 is 0 Å². The van der Waals surface area contributed by atoms with E-state index in [4.69, 9.17) is 0 Å². The summed E-state index contributed by atoms with van der Waals surface area (Å²) in [5.74, 6) is -0.552. The molecule has 0 atom stereocenters. The summed E-state index contributed by atoms with van der Waals surface area (Å²) in [4.78, 5) is 35.1. The van der Waals surface area contributed by atoms with Crippen LogP contribution in [-0.4, -0.2) is 30.2 Å². The van der Waals surface area contributed by atoms with Crippen LogP contribution in [0.1, 0.15) is 5.56 Å². The van der Waals surface area contributed by atoms with Crippen LogP contribution in [-0.2, 0) is 9.59 Å². The molecule has 3 amide bonds. The highest BCUT2D eigenvalue weighted by Gasteiger charge is 2.32. The van der Waals surface area contributed by atoms with Gasteiger partial charge in [-0.2, -0.15) is 0 Å². The Morgan fingerprint density at radius 1 is 1.24 bits per heavy atom. The molecule has 0 aromatic heterocycles. The highest BCUT2D eigenvalue weighted by Crippen LogP contribution is 2.21. The van der Waals surface area contributed by atoms with E-state index >= 15 is 0 Å². The molecule has 1 saturated heterocycles. The normalized spacial score (nSPS) is 18.1. The summed E-state index contributed by atoms with van der Waals surface area (Å²) < 4.78 is 0. The van der Waals surface area contributed by atoms with Gasteiger partial charge in [0, 0.05) is 7.05 Å². The first-order valence-corrected chi connectivity index (χ1v) is 4.99. The molecule has 0 aliphatic carbocycles. The van der Waals surface area contributed by atoms with Gasteiger partial charge in [-0.1, -0.05) is 30.3 Å². The molecule has 1 aromatic carbocycles. The van der Waals surface area contributed by atoms with E-state index in [1.54, 1.807) is 30.3 Å². The van der Waals surface area contributed by atoms with Gasteiger partial charge in [0.2, 0.25) is 0 Å². The molecule has 1 aliphatic heterocycles. The van der Waals surface area contributed by atoms with Crippen molar-refractivity contribution in [1.82, 2.24) is 10.2 Å². The number of amides is 3. The van der Waals surface area contributed by atoms with Crippen molar-refractivity contribution in [3.8, 4) is 0 Å². The molecule has 86 valence electrons. The average molecular weight is 230 g/mol. The number of imide groups is 1. The lowest BCUT2D eigenvalue weighted by Gasteiger charge is -2.10. The maximum Gasteiger partial charge on any atom is 0.328 e. The molecule has 0 unspecified atom stereocenters. The molecule has 1 aliphatic rings. The summed E-state index contributed by atoms with van der Waals surface area (Å²) in [6, 6.07) is 8.21. The van der Waals surface area contributed by atoms with Gasteiger partial charge in [0.15, 0.2) is 6.29 Å². The molecule has 0 bridgehead atoms. The van der Waals surface area contributed by atoms with Crippen molar-refractivity contribution >= 4 is 23.8 Å². The van der Waals surface area contributed by atoms with Crippen LogP contribution in [0.3, 0.4) is 0 Å². The van der Waals surface area contributed by atoms with Crippen molar-refractivity contribution < 1.29 is 14.4 Å². The standard InChI is InChI=1S/C12H10N2O3/c1-14-10(11(16)13-12(14)17)9(7-15)8-5-3-2-4-6-8/h2-7H,1H3,(H,13,16,17)/b10-9+. The first-order chi connectivity index (χ1) is 8.15. The van der Waals surface area contributed by atoms with Crippen molar-refractivity contribution in [3.05, 3.63) is 41.6 Å². The topological polar surface area (TPSA) is 66.5 Å². The number of nitrogens with one attached hydrogen (secondary N) is 1. The van der Waals surface area contributed by atoms with Crippen molar-refractivity contribution in [2.24, 2.45) is 0 Å². The first-order valence-electron chi connectivity index (χ1n) is 4.99. The molecule has 17 heavy (non-hydrogen) atoms. The minimum Gasteiger partial charge on any atom is -0.298 e. The number of allylic oxidation sites excluding steroid dienone is 1. The van der Waals surface area contributed by atoms with E-state index in [9.17, 15) is 14.4 Å². The van der Waals surface area contributed by atoms with E-state index in [0.29, 0.717) is 11.8 Å². The van der Waals surface area contributed by atoms with Crippen molar-refractivity contribution in [2.45, 2.75) is 0 Å². The zero-order chi connectivity index (χ0) is 12.4. The number of carbonyl (C=O) groups is 3. The second kappa shape index (κ2) is 4.21. The Hall–Kier alpha value is -2.43. The third-order valence-electron chi connectivity index (χ3n) is 2.53. The number of benzene rings is 1. The van der Waals surface area contributed by atoms with Gasteiger partial charge in [-0.3, -0.25) is 19.8 Å². The van der Waals surface area contributed by atoms with Gasteiger partial charge in [0.1, 0.15) is 5.70 Å². The van der Waals surface area contributed by atoms with Gasteiger partial charge in [-0.15, -0.1) is 0 Å². The van der Waals surface area contributed by atoms with Crippen LogP contribution >= 0.6 is 0 Å². The fourth-order valence-corrected chi connectivity index (χ4v) is 1.68. The average Bonchev–Trinajstić information content (AvgIpc) is 2.58. The summed E-state index contributed by atoms with van der Waals surface area (Å²) in [6.07, 6.45) is 0.583. The van der Waals surface area contributed by atoms with Crippen LogP contribution in [0.25, 0.3) is 5.57 Å². The highest BCUT2D eigenvalue weighted by molar-refractivity contribution is 6.23. The Morgan fingerprint density at radius 3 is 2.35 bits per heavy atom. The minimum atomic E-state index is -0.552. The lowest BCUT2D eigenvalue weighted by atomic mass is 10.0. The van der Waals surface area contributed by atoms with E-state index in [-0.39, 0.29) is 11.3 Å². The molecule has 1 aromatic rings. The van der Waals surface area contributed by atoms with Gasteiger partial charge in [-0.05, 0) is 5.56 Å². The quantitative estimate of drug-likeness (QED) is 0.464. The SMILES string of the molecule is CN1C(=O)NC(=O)/C1=C(/C=O)c1ccccc1. The van der Waals surface area contributed by atoms with Crippen LogP contribution in [0.5, 0.6) is 0 Å². The highest BCUT2D eigenvalue weighted by atomic mass is 16.2. The predicted molar refractivity (Wildman–Crippen MR) is 60.7 cm³/mol. The van der Waals surface area contributed by atoms with E-state index in [2.05, 4.69) is 5.32 Å².